The van der Waals surface area contributed by atoms with Crippen molar-refractivity contribution in [2.75, 3.05) is 28.4 Å². The minimum atomic E-state index is -0.801. The van der Waals surface area contributed by atoms with Crippen LogP contribution in [0.5, 0.6) is 11.5 Å². The average molecular weight is 1360 g/mol. The molecule has 9 unspecified atom stereocenters. The highest BCUT2D eigenvalue weighted by Crippen LogP contribution is 2.69. The number of rotatable bonds is 26. The van der Waals surface area contributed by atoms with Crippen molar-refractivity contribution < 1.29 is 66.7 Å². The number of fused-ring (bicyclic) bond motifs is 5. The van der Waals surface area contributed by atoms with Crippen LogP contribution in [0.3, 0.4) is 0 Å². The minimum Gasteiger partial charge on any atom is -0.486 e. The topological polar surface area (TPSA) is 176 Å². The Hall–Kier alpha value is -7.94. The Morgan fingerprint density at radius 1 is 0.495 bits per heavy atom. The summed E-state index contributed by atoms with van der Waals surface area (Å²) < 4.78 is 44.9. The Labute approximate surface area is 581 Å². The van der Waals surface area contributed by atoms with E-state index in [9.17, 15) is 28.8 Å². The van der Waals surface area contributed by atoms with Crippen molar-refractivity contribution in [2.24, 2.45) is 58.2 Å². The third-order valence-corrected chi connectivity index (χ3v) is 22.5. The zero-order valence-electron chi connectivity index (χ0n) is 57.4. The van der Waals surface area contributed by atoms with Gasteiger partial charge in [0.2, 0.25) is 0 Å². The zero-order chi connectivity index (χ0) is 69.1. The summed E-state index contributed by atoms with van der Waals surface area (Å²) in [5, 5.41) is 0.103. The molecule has 9 atom stereocenters. The maximum absolute atomic E-state index is 14.9. The lowest BCUT2D eigenvalue weighted by atomic mass is 9.44. The highest BCUT2D eigenvalue weighted by atomic mass is 35.5. The standard InChI is InChI=1S/C81H92Cl2O14/c1-49(2)16-10-17-50(3)67-30-31-68-64-29-28-62-40-51(32-34-80(62,4)69(64)33-35-81(67,68)5)18-15-27-63(60-41-65(78(88)96-47-54-21-13-25-58(38-54)76(86)92-8)72(70(82)43-60)94-45-52-19-11-23-56(36-52)74(84)90-6)61-42-66(79(89)97-48-55-22-14-26-59(39-55)77(87)93-9)73(71(83)44-61)95-46-53-20-12-24-57(37-53)75(85)91-7/h11-14,19-27,36-39,41-44,49-51,62,64,67-69H,10,15-18,28-35,40,45-48H2,1-9H3. The number of hydrogen-bond acceptors (Lipinski definition) is 14. The van der Waals surface area contributed by atoms with Crippen LogP contribution >= 0.6 is 23.2 Å². The van der Waals surface area contributed by atoms with Crippen LogP contribution < -0.4 is 9.47 Å². The molecule has 0 N–H and O–H groups in total. The normalized spacial score (nSPS) is 21.9. The lowest BCUT2D eigenvalue weighted by Gasteiger charge is -2.61. The lowest BCUT2D eigenvalue weighted by Crippen LogP contribution is -2.53. The van der Waals surface area contributed by atoms with Gasteiger partial charge in [0.05, 0.1) is 60.7 Å². The Morgan fingerprint density at radius 2 is 0.938 bits per heavy atom. The van der Waals surface area contributed by atoms with Crippen molar-refractivity contribution in [3.05, 3.63) is 204 Å². The largest absolute Gasteiger partial charge is 0.486 e. The smallest absolute Gasteiger partial charge is 0.342 e. The van der Waals surface area contributed by atoms with Crippen LogP contribution in [0, 0.1) is 58.2 Å². The van der Waals surface area contributed by atoms with Gasteiger partial charge in [-0.3, -0.25) is 0 Å². The molecule has 0 amide bonds. The highest BCUT2D eigenvalue weighted by Gasteiger charge is 2.60. The van der Waals surface area contributed by atoms with Crippen molar-refractivity contribution in [1.82, 2.24) is 0 Å². The Kier molecular flexibility index (Phi) is 23.8. The molecule has 4 aliphatic rings. The van der Waals surface area contributed by atoms with E-state index >= 15 is 0 Å². The summed E-state index contributed by atoms with van der Waals surface area (Å²) in [6.45, 7) is 11.9. The molecule has 6 aromatic carbocycles. The molecule has 10 rings (SSSR count). The summed E-state index contributed by atoms with van der Waals surface area (Å²) in [4.78, 5) is 80.1. The van der Waals surface area contributed by atoms with Crippen LogP contribution in [0.25, 0.3) is 5.57 Å². The summed E-state index contributed by atoms with van der Waals surface area (Å²) in [5.74, 6) is 1.98. The summed E-state index contributed by atoms with van der Waals surface area (Å²) in [7, 11) is 5.17. The van der Waals surface area contributed by atoms with Crippen LogP contribution in [0.1, 0.15) is 220 Å². The van der Waals surface area contributed by atoms with Crippen LogP contribution in [-0.2, 0) is 54.8 Å². The van der Waals surface area contributed by atoms with Crippen LogP contribution in [0.15, 0.2) is 127 Å². The first kappa shape index (κ1) is 71.8. The number of carbonyl (C=O) groups excluding carboxylic acids is 6. The molecule has 0 saturated heterocycles. The molecule has 0 radical (unpaired) electrons. The van der Waals surface area contributed by atoms with E-state index in [-0.39, 0.29) is 70.2 Å². The van der Waals surface area contributed by atoms with Crippen molar-refractivity contribution >= 4 is 64.6 Å². The molecule has 4 saturated carbocycles. The summed E-state index contributed by atoms with van der Waals surface area (Å²) >= 11 is 14.8. The molecule has 14 nitrogen and oxygen atoms in total. The highest BCUT2D eigenvalue weighted by molar-refractivity contribution is 6.33. The van der Waals surface area contributed by atoms with Gasteiger partial charge in [0, 0.05) is 0 Å². The summed E-state index contributed by atoms with van der Waals surface area (Å²) in [6, 6.07) is 33.2. The summed E-state index contributed by atoms with van der Waals surface area (Å²) in [5.41, 5.74) is 5.50. The molecule has 0 spiro atoms. The maximum Gasteiger partial charge on any atom is 0.342 e. The first-order valence-corrected chi connectivity index (χ1v) is 35.1. The van der Waals surface area contributed by atoms with Gasteiger partial charge >= 0.3 is 35.8 Å². The fourth-order valence-corrected chi connectivity index (χ4v) is 17.5. The predicted octanol–water partition coefficient (Wildman–Crippen LogP) is 19.0. The van der Waals surface area contributed by atoms with Crippen LogP contribution in [-0.4, -0.2) is 64.3 Å². The van der Waals surface area contributed by atoms with E-state index in [1.165, 1.54) is 92.6 Å². The fourth-order valence-electron chi connectivity index (χ4n) is 17.0. The van der Waals surface area contributed by atoms with Crippen molar-refractivity contribution in [3.63, 3.8) is 0 Å². The molecule has 16 heteroatoms. The molecule has 0 aromatic heterocycles. The maximum atomic E-state index is 14.9. The average Bonchev–Trinajstić information content (AvgIpc) is 1.69. The summed E-state index contributed by atoms with van der Waals surface area (Å²) in [6.07, 6.45) is 19.1. The Morgan fingerprint density at radius 3 is 1.39 bits per heavy atom. The van der Waals surface area contributed by atoms with E-state index in [4.69, 9.17) is 61.1 Å². The van der Waals surface area contributed by atoms with Gasteiger partial charge in [0.15, 0.2) is 11.5 Å². The van der Waals surface area contributed by atoms with Crippen LogP contribution in [0.4, 0.5) is 0 Å². The van der Waals surface area contributed by atoms with Crippen LogP contribution in [0.2, 0.25) is 10.0 Å². The third-order valence-electron chi connectivity index (χ3n) is 21.9. The number of ether oxygens (including phenoxy) is 8. The molecule has 0 heterocycles. The predicted molar refractivity (Wildman–Crippen MR) is 374 cm³/mol. The molecular formula is C81H92Cl2O14. The molecule has 97 heavy (non-hydrogen) atoms. The second-order valence-electron chi connectivity index (χ2n) is 28.2. The molecule has 4 aliphatic carbocycles. The molecule has 0 bridgehead atoms. The van der Waals surface area contributed by atoms with E-state index in [0.29, 0.717) is 79.2 Å². The number of allylic oxidation sites excluding steroid dienone is 1. The second-order valence-corrected chi connectivity index (χ2v) is 29.0. The van der Waals surface area contributed by atoms with Gasteiger partial charge < -0.3 is 37.9 Å². The van der Waals surface area contributed by atoms with Gasteiger partial charge in [-0.15, -0.1) is 0 Å². The number of benzene rings is 6. The van der Waals surface area contributed by atoms with E-state index < -0.39 is 35.8 Å². The lowest BCUT2D eigenvalue weighted by molar-refractivity contribution is -0.121. The number of esters is 6. The zero-order valence-corrected chi connectivity index (χ0v) is 59.0. The van der Waals surface area contributed by atoms with Gasteiger partial charge in [0.25, 0.3) is 0 Å². The van der Waals surface area contributed by atoms with Crippen molar-refractivity contribution in [3.8, 4) is 11.5 Å². The fraction of sp³-hybridized carbons (Fsp3) is 0.457. The van der Waals surface area contributed by atoms with E-state index in [0.717, 1.165) is 54.8 Å². The van der Waals surface area contributed by atoms with E-state index in [2.05, 4.69) is 40.7 Å². The SMILES string of the molecule is COC(=O)c1cccc(COC(=O)c2cc(C(=CCCC3CCC4(C)C(CCC5C4CCC4(C)C(C(C)CCCC(C)C)CCC54)C3)c3cc(Cl)c(OCc4cccc(C(=O)OC)c4)c(C(=O)OCc4cccc(C(=O)OC)c4)c3)cc(Cl)c2OCc2cccc(C(=O)OC)c2)c1. The molecule has 514 valence electrons. The number of carbonyl (C=O) groups is 6. The number of methoxy groups -OCH3 is 4. The van der Waals surface area contributed by atoms with Gasteiger partial charge in [-0.25, -0.2) is 28.8 Å². The number of hydrogen-bond donors (Lipinski definition) is 0. The number of halogens is 2. The van der Waals surface area contributed by atoms with Gasteiger partial charge in [0.1, 0.15) is 37.6 Å². The van der Waals surface area contributed by atoms with Crippen molar-refractivity contribution in [2.45, 2.75) is 151 Å². The van der Waals surface area contributed by atoms with Gasteiger partial charge in [-0.1, -0.05) is 132 Å². The molecule has 0 aliphatic heterocycles. The van der Waals surface area contributed by atoms with E-state index in [1.807, 2.05) is 0 Å². The monoisotopic (exact) mass is 1360 g/mol. The Balaban J connectivity index is 1.00. The molecular weight excluding hydrogens is 1270 g/mol. The molecule has 6 aromatic rings. The minimum absolute atomic E-state index is 0.00195. The first-order chi connectivity index (χ1) is 46.6. The quantitative estimate of drug-likeness (QED) is 0.0370. The Bertz CT molecular complexity index is 3700. The second kappa shape index (κ2) is 32.2. The third kappa shape index (κ3) is 16.6. The van der Waals surface area contributed by atoms with Crippen molar-refractivity contribution in [1.29, 1.82) is 0 Å². The van der Waals surface area contributed by atoms with E-state index in [1.54, 1.807) is 121 Å². The first-order valence-electron chi connectivity index (χ1n) is 34.3. The van der Waals surface area contributed by atoms with Gasteiger partial charge in [-0.2, -0.15) is 0 Å². The molecule has 4 fully saturated rings. The van der Waals surface area contributed by atoms with Gasteiger partial charge in [-0.05, 0) is 241 Å².